The van der Waals surface area contributed by atoms with Crippen molar-refractivity contribution in [3.05, 3.63) is 29.8 Å². The van der Waals surface area contributed by atoms with Crippen molar-refractivity contribution in [2.75, 3.05) is 12.3 Å². The molecule has 1 rings (SSSR count). The van der Waals surface area contributed by atoms with Gasteiger partial charge in [-0.25, -0.2) is 0 Å². The summed E-state index contributed by atoms with van der Waals surface area (Å²) in [6.45, 7) is 6.38. The largest absolute Gasteiger partial charge is 0.362 e. The van der Waals surface area contributed by atoms with Gasteiger partial charge in [-0.3, -0.25) is 20.4 Å². The van der Waals surface area contributed by atoms with E-state index in [9.17, 15) is 9.59 Å². The van der Waals surface area contributed by atoms with Gasteiger partial charge >= 0.3 is 0 Å². The van der Waals surface area contributed by atoms with Crippen molar-refractivity contribution in [1.82, 2.24) is 21.5 Å². The van der Waals surface area contributed by atoms with Gasteiger partial charge in [-0.15, -0.1) is 11.8 Å². The molecule has 126 valence electrons. The van der Waals surface area contributed by atoms with E-state index in [1.54, 1.807) is 12.1 Å². The first-order valence-electron chi connectivity index (χ1n) is 7.29. The quantitative estimate of drug-likeness (QED) is 0.352. The molecule has 0 aromatic heterocycles. The van der Waals surface area contributed by atoms with Gasteiger partial charge in [0.15, 0.2) is 5.11 Å². The second kappa shape index (κ2) is 10.1. The molecule has 0 atom stereocenters. The lowest BCUT2D eigenvalue weighted by Crippen LogP contribution is -2.46. The SMILES string of the molecule is CCNC(=S)NNC(=O)c1ccccc1SCC(=O)NC(C)C. The molecule has 0 aliphatic rings. The Bertz CT molecular complexity index is 564. The van der Waals surface area contributed by atoms with Crippen molar-refractivity contribution in [2.24, 2.45) is 0 Å². The highest BCUT2D eigenvalue weighted by Crippen LogP contribution is 2.22. The summed E-state index contributed by atoms with van der Waals surface area (Å²) >= 11 is 6.31. The normalized spacial score (nSPS) is 10.1. The smallest absolute Gasteiger partial charge is 0.270 e. The van der Waals surface area contributed by atoms with E-state index in [2.05, 4.69) is 21.5 Å². The van der Waals surface area contributed by atoms with Crippen LogP contribution in [0.2, 0.25) is 0 Å². The number of hydrogen-bond donors (Lipinski definition) is 4. The zero-order chi connectivity index (χ0) is 17.2. The molecule has 1 aromatic carbocycles. The molecule has 0 fully saturated rings. The molecule has 23 heavy (non-hydrogen) atoms. The second-order valence-corrected chi connectivity index (χ2v) is 6.37. The molecule has 0 aliphatic heterocycles. The highest BCUT2D eigenvalue weighted by molar-refractivity contribution is 8.00. The Labute approximate surface area is 146 Å². The Kier molecular flexibility index (Phi) is 8.42. The monoisotopic (exact) mass is 354 g/mol. The fourth-order valence-corrected chi connectivity index (χ4v) is 2.73. The van der Waals surface area contributed by atoms with Crippen LogP contribution in [0.4, 0.5) is 0 Å². The first-order chi connectivity index (χ1) is 10.9. The van der Waals surface area contributed by atoms with Crippen LogP contribution >= 0.6 is 24.0 Å². The van der Waals surface area contributed by atoms with Crippen LogP contribution in [0.5, 0.6) is 0 Å². The predicted molar refractivity (Wildman–Crippen MR) is 97.3 cm³/mol. The summed E-state index contributed by atoms with van der Waals surface area (Å²) < 4.78 is 0. The average molecular weight is 355 g/mol. The third kappa shape index (κ3) is 7.34. The molecule has 1 aromatic rings. The molecule has 0 aliphatic carbocycles. The van der Waals surface area contributed by atoms with Crippen LogP contribution in [0.1, 0.15) is 31.1 Å². The van der Waals surface area contributed by atoms with Crippen molar-refractivity contribution in [2.45, 2.75) is 31.7 Å². The number of hydrazine groups is 1. The highest BCUT2D eigenvalue weighted by atomic mass is 32.2. The summed E-state index contributed by atoms with van der Waals surface area (Å²) in [4.78, 5) is 24.7. The van der Waals surface area contributed by atoms with Gasteiger partial charge in [0, 0.05) is 17.5 Å². The Hall–Kier alpha value is -1.80. The van der Waals surface area contributed by atoms with E-state index in [1.807, 2.05) is 32.9 Å². The van der Waals surface area contributed by atoms with E-state index in [1.165, 1.54) is 11.8 Å². The van der Waals surface area contributed by atoms with Crippen LogP contribution < -0.4 is 21.5 Å². The van der Waals surface area contributed by atoms with Gasteiger partial charge in [-0.2, -0.15) is 0 Å². The van der Waals surface area contributed by atoms with E-state index < -0.39 is 0 Å². The Balaban J connectivity index is 2.64. The van der Waals surface area contributed by atoms with Gasteiger partial charge in [0.25, 0.3) is 5.91 Å². The number of benzene rings is 1. The number of nitrogens with one attached hydrogen (secondary N) is 4. The molecule has 0 heterocycles. The average Bonchev–Trinajstić information content (AvgIpc) is 2.50. The lowest BCUT2D eigenvalue weighted by molar-refractivity contribution is -0.119. The molecule has 0 spiro atoms. The highest BCUT2D eigenvalue weighted by Gasteiger charge is 2.13. The van der Waals surface area contributed by atoms with E-state index in [0.29, 0.717) is 17.2 Å². The number of amides is 2. The van der Waals surface area contributed by atoms with Crippen molar-refractivity contribution in [1.29, 1.82) is 0 Å². The van der Waals surface area contributed by atoms with Gasteiger partial charge < -0.3 is 10.6 Å². The van der Waals surface area contributed by atoms with Crippen LogP contribution in [-0.4, -0.2) is 35.3 Å². The lowest BCUT2D eigenvalue weighted by Gasteiger charge is -2.13. The van der Waals surface area contributed by atoms with Crippen molar-refractivity contribution >= 4 is 40.9 Å². The molecular weight excluding hydrogens is 332 g/mol. The first-order valence-corrected chi connectivity index (χ1v) is 8.68. The van der Waals surface area contributed by atoms with Crippen LogP contribution in [-0.2, 0) is 4.79 Å². The standard InChI is InChI=1S/C15H22N4O2S2/c1-4-16-15(22)19-18-14(21)11-7-5-6-8-12(11)23-9-13(20)17-10(2)3/h5-8,10H,4,9H2,1-3H3,(H,17,20)(H,18,21)(H2,16,19,22). The summed E-state index contributed by atoms with van der Waals surface area (Å²) in [6, 6.07) is 7.21. The number of thioether (sulfide) groups is 1. The second-order valence-electron chi connectivity index (χ2n) is 4.95. The van der Waals surface area contributed by atoms with Crippen LogP contribution in [0.15, 0.2) is 29.2 Å². The Morgan fingerprint density at radius 1 is 1.22 bits per heavy atom. The molecule has 2 amide bonds. The Morgan fingerprint density at radius 2 is 1.91 bits per heavy atom. The minimum Gasteiger partial charge on any atom is -0.362 e. The van der Waals surface area contributed by atoms with Crippen LogP contribution in [0.25, 0.3) is 0 Å². The molecule has 4 N–H and O–H groups in total. The number of thiocarbonyl (C=S) groups is 1. The van der Waals surface area contributed by atoms with E-state index >= 15 is 0 Å². The third-order valence-corrected chi connectivity index (χ3v) is 3.89. The number of rotatable bonds is 6. The summed E-state index contributed by atoms with van der Waals surface area (Å²) in [5.74, 6) is -0.115. The lowest BCUT2D eigenvalue weighted by atomic mass is 10.2. The van der Waals surface area contributed by atoms with E-state index in [-0.39, 0.29) is 23.6 Å². The topological polar surface area (TPSA) is 82.3 Å². The van der Waals surface area contributed by atoms with Crippen LogP contribution in [0.3, 0.4) is 0 Å². The van der Waals surface area contributed by atoms with Gasteiger partial charge in [-0.05, 0) is 45.1 Å². The van der Waals surface area contributed by atoms with Gasteiger partial charge in [0.1, 0.15) is 0 Å². The van der Waals surface area contributed by atoms with Crippen LogP contribution in [0, 0.1) is 0 Å². The fourth-order valence-electron chi connectivity index (χ4n) is 1.67. The minimum absolute atomic E-state index is 0.0633. The zero-order valence-corrected chi connectivity index (χ0v) is 15.1. The fraction of sp³-hybridized carbons (Fsp3) is 0.400. The molecule has 6 nitrogen and oxygen atoms in total. The summed E-state index contributed by atoms with van der Waals surface area (Å²) in [5, 5.41) is 6.04. The number of carbonyl (C=O) groups excluding carboxylic acids is 2. The summed E-state index contributed by atoms with van der Waals surface area (Å²) in [7, 11) is 0. The molecule has 0 bridgehead atoms. The predicted octanol–water partition coefficient (Wildman–Crippen LogP) is 1.43. The maximum atomic E-state index is 12.2. The van der Waals surface area contributed by atoms with Gasteiger partial charge in [0.2, 0.25) is 5.91 Å². The molecule has 0 radical (unpaired) electrons. The third-order valence-electron chi connectivity index (χ3n) is 2.57. The summed E-state index contributed by atoms with van der Waals surface area (Å²) in [6.07, 6.45) is 0. The zero-order valence-electron chi connectivity index (χ0n) is 13.4. The Morgan fingerprint density at radius 3 is 2.57 bits per heavy atom. The number of hydrogen-bond acceptors (Lipinski definition) is 4. The number of carbonyl (C=O) groups is 2. The maximum Gasteiger partial charge on any atom is 0.270 e. The summed E-state index contributed by atoms with van der Waals surface area (Å²) in [5.41, 5.74) is 5.66. The van der Waals surface area contributed by atoms with Crippen molar-refractivity contribution < 1.29 is 9.59 Å². The van der Waals surface area contributed by atoms with Gasteiger partial charge in [0.05, 0.1) is 11.3 Å². The molecular formula is C15H22N4O2S2. The molecule has 8 heteroatoms. The van der Waals surface area contributed by atoms with Crippen molar-refractivity contribution in [3.8, 4) is 0 Å². The van der Waals surface area contributed by atoms with E-state index in [4.69, 9.17) is 12.2 Å². The maximum absolute atomic E-state index is 12.2. The van der Waals surface area contributed by atoms with E-state index in [0.717, 1.165) is 4.90 Å². The van der Waals surface area contributed by atoms with Gasteiger partial charge in [-0.1, -0.05) is 12.1 Å². The molecule has 0 saturated carbocycles. The molecule has 0 saturated heterocycles. The molecule has 0 unspecified atom stereocenters. The van der Waals surface area contributed by atoms with Crippen molar-refractivity contribution in [3.63, 3.8) is 0 Å². The first kappa shape index (κ1) is 19.2. The minimum atomic E-state index is -0.308.